The van der Waals surface area contributed by atoms with Gasteiger partial charge in [0.1, 0.15) is 22.9 Å². The van der Waals surface area contributed by atoms with E-state index in [1.54, 1.807) is 30.3 Å². The number of likely N-dealkylation sites (N-methyl/N-ethyl adjacent to an activating group) is 1. The molecule has 4 unspecified atom stereocenters. The van der Waals surface area contributed by atoms with Crippen molar-refractivity contribution in [2.24, 2.45) is 17.6 Å². The first-order chi connectivity index (χ1) is 16.5. The number of phenols is 1. The van der Waals surface area contributed by atoms with Crippen LogP contribution in [0.3, 0.4) is 0 Å². The number of fused-ring (bicyclic) bond motifs is 3. The van der Waals surface area contributed by atoms with Crippen molar-refractivity contribution in [2.45, 2.75) is 37.8 Å². The van der Waals surface area contributed by atoms with Gasteiger partial charge in [0.2, 0.25) is 5.91 Å². The molecule has 0 saturated heterocycles. The Morgan fingerprint density at radius 1 is 1.23 bits per heavy atom. The number of rotatable bonds is 3. The zero-order valence-corrected chi connectivity index (χ0v) is 20.5. The third-order valence-electron chi connectivity index (χ3n) is 7.70. The molecule has 0 aliphatic heterocycles. The highest BCUT2D eigenvalue weighted by atomic mass is 32.1. The second-order valence-electron chi connectivity index (χ2n) is 10.0. The molecule has 0 bridgehead atoms. The van der Waals surface area contributed by atoms with Crippen LogP contribution >= 0.6 is 11.3 Å². The summed E-state index contributed by atoms with van der Waals surface area (Å²) in [5.41, 5.74) is 6.22. The molecular weight excluding hydrogens is 468 g/mol. The number of aryl methyl sites for hydroxylation is 1. The number of thiophene rings is 1. The van der Waals surface area contributed by atoms with Gasteiger partial charge in [0.25, 0.3) is 0 Å². The number of carbonyl (C=O) groups excluding carboxylic acids is 2. The molecule has 184 valence electrons. The van der Waals surface area contributed by atoms with Crippen molar-refractivity contribution in [2.75, 3.05) is 14.1 Å². The number of aliphatic hydroxyl groups is 3. The van der Waals surface area contributed by atoms with Gasteiger partial charge in [-0.25, -0.2) is 0 Å². The van der Waals surface area contributed by atoms with Gasteiger partial charge in [-0.3, -0.25) is 14.5 Å². The Balaban J connectivity index is 1.69. The van der Waals surface area contributed by atoms with E-state index < -0.39 is 41.6 Å². The van der Waals surface area contributed by atoms with E-state index in [2.05, 4.69) is 0 Å². The van der Waals surface area contributed by atoms with Crippen LogP contribution < -0.4 is 5.73 Å². The lowest BCUT2D eigenvalue weighted by atomic mass is 9.57. The molecule has 3 aliphatic rings. The van der Waals surface area contributed by atoms with Gasteiger partial charge in [0.15, 0.2) is 5.78 Å². The van der Waals surface area contributed by atoms with Crippen molar-refractivity contribution < 1.29 is 30.0 Å². The molecule has 4 atom stereocenters. The van der Waals surface area contributed by atoms with Crippen molar-refractivity contribution >= 4 is 28.8 Å². The highest BCUT2D eigenvalue weighted by Gasteiger charge is 2.60. The molecule has 1 saturated carbocycles. The fourth-order valence-corrected chi connectivity index (χ4v) is 7.09. The number of aliphatic hydroxyl groups excluding tert-OH is 2. The van der Waals surface area contributed by atoms with Gasteiger partial charge in [-0.05, 0) is 80.0 Å². The molecular formula is C26H28N2O6S. The van der Waals surface area contributed by atoms with Crippen LogP contribution in [0.2, 0.25) is 0 Å². The highest BCUT2D eigenvalue weighted by molar-refractivity contribution is 7.13. The third kappa shape index (κ3) is 3.33. The van der Waals surface area contributed by atoms with Crippen molar-refractivity contribution in [3.63, 3.8) is 0 Å². The molecule has 0 radical (unpaired) electrons. The maximum Gasteiger partial charge on any atom is 0.248 e. The molecule has 8 nitrogen and oxygen atoms in total. The lowest BCUT2D eigenvalue weighted by molar-refractivity contribution is -0.151. The minimum absolute atomic E-state index is 0.0498. The van der Waals surface area contributed by atoms with E-state index in [9.17, 15) is 30.0 Å². The number of nitrogens with zero attached hydrogens (tertiary/aromatic N) is 1. The molecule has 1 aromatic heterocycles. The van der Waals surface area contributed by atoms with E-state index >= 15 is 0 Å². The quantitative estimate of drug-likeness (QED) is 0.439. The van der Waals surface area contributed by atoms with Crippen LogP contribution in [-0.2, 0) is 16.0 Å². The van der Waals surface area contributed by atoms with E-state index in [4.69, 9.17) is 5.73 Å². The van der Waals surface area contributed by atoms with Crippen LogP contribution in [0.5, 0.6) is 5.75 Å². The second-order valence-corrected chi connectivity index (χ2v) is 11.0. The molecule has 5 rings (SSSR count). The van der Waals surface area contributed by atoms with Crippen molar-refractivity contribution in [3.8, 4) is 16.2 Å². The Kier molecular flexibility index (Phi) is 5.35. The average molecular weight is 497 g/mol. The van der Waals surface area contributed by atoms with Crippen LogP contribution in [0.1, 0.15) is 29.5 Å². The lowest BCUT2D eigenvalue weighted by Crippen LogP contribution is -2.62. The Hall–Kier alpha value is -3.14. The maximum atomic E-state index is 13.8. The molecule has 9 heteroatoms. The third-order valence-corrected chi connectivity index (χ3v) is 8.78. The molecule has 35 heavy (non-hydrogen) atoms. The predicted molar refractivity (Wildman–Crippen MR) is 132 cm³/mol. The normalized spacial score (nSPS) is 28.1. The Labute approximate surface area is 206 Å². The van der Waals surface area contributed by atoms with Crippen LogP contribution in [0.4, 0.5) is 0 Å². The number of nitrogens with two attached hydrogens (primary N) is 1. The van der Waals surface area contributed by atoms with Gasteiger partial charge in [-0.2, -0.15) is 0 Å². The summed E-state index contributed by atoms with van der Waals surface area (Å²) in [7, 11) is 3.40. The fraction of sp³-hybridized carbons (Fsp3) is 0.385. The second kappa shape index (κ2) is 7.94. The lowest BCUT2D eigenvalue weighted by Gasteiger charge is -2.51. The summed E-state index contributed by atoms with van der Waals surface area (Å²) in [5.74, 6) is -3.49. The number of aromatic hydroxyl groups is 1. The molecule has 0 spiro atoms. The van der Waals surface area contributed by atoms with E-state index in [0.717, 1.165) is 21.6 Å². The first kappa shape index (κ1) is 23.6. The monoisotopic (exact) mass is 496 g/mol. The summed E-state index contributed by atoms with van der Waals surface area (Å²) in [6.07, 6.45) is 0.235. The average Bonchev–Trinajstić information content (AvgIpc) is 3.20. The maximum absolute atomic E-state index is 13.8. The smallest absolute Gasteiger partial charge is 0.248 e. The fourth-order valence-electron chi connectivity index (χ4n) is 6.14. The van der Waals surface area contributed by atoms with Gasteiger partial charge < -0.3 is 26.2 Å². The number of primary amides is 1. The van der Waals surface area contributed by atoms with Crippen LogP contribution in [0.25, 0.3) is 16.2 Å². The standard InChI is InChI=1S/C26H28N2O6S/c1-11-6-18(35-10-11)13-4-5-17(29)20-14(13)7-12-8-16-21(28(2)3)22(30)15(25(27)33)9-26(16,34)24(32)19(12)23(20)31/h4-6,10,12,16,21,29-31,34H,7-9H2,1-3H3,(H2,27,33). The van der Waals surface area contributed by atoms with Gasteiger partial charge in [0.05, 0.1) is 17.2 Å². The minimum Gasteiger partial charge on any atom is -0.510 e. The summed E-state index contributed by atoms with van der Waals surface area (Å²) in [6.45, 7) is 1.99. The summed E-state index contributed by atoms with van der Waals surface area (Å²) < 4.78 is 0. The predicted octanol–water partition coefficient (Wildman–Crippen LogP) is 2.82. The zero-order valence-electron chi connectivity index (χ0n) is 19.7. The van der Waals surface area contributed by atoms with E-state index in [-0.39, 0.29) is 34.0 Å². The summed E-state index contributed by atoms with van der Waals surface area (Å²) >= 11 is 1.56. The van der Waals surface area contributed by atoms with Gasteiger partial charge in [0, 0.05) is 22.8 Å². The number of amides is 1. The Morgan fingerprint density at radius 3 is 2.54 bits per heavy atom. The van der Waals surface area contributed by atoms with Gasteiger partial charge in [-0.15, -0.1) is 11.3 Å². The molecule has 1 heterocycles. The van der Waals surface area contributed by atoms with E-state index in [0.29, 0.717) is 12.8 Å². The van der Waals surface area contributed by atoms with Crippen LogP contribution in [-0.4, -0.2) is 62.8 Å². The summed E-state index contributed by atoms with van der Waals surface area (Å²) in [6, 6.07) is 4.56. The molecule has 1 fully saturated rings. The summed E-state index contributed by atoms with van der Waals surface area (Å²) in [5, 5.41) is 46.6. The van der Waals surface area contributed by atoms with Crippen molar-refractivity contribution in [1.29, 1.82) is 0 Å². The molecule has 3 aliphatic carbocycles. The van der Waals surface area contributed by atoms with Crippen molar-refractivity contribution in [3.05, 3.63) is 57.2 Å². The Bertz CT molecular complexity index is 1340. The summed E-state index contributed by atoms with van der Waals surface area (Å²) in [4.78, 5) is 28.5. The highest BCUT2D eigenvalue weighted by Crippen LogP contribution is 2.54. The number of hydrogen-bond acceptors (Lipinski definition) is 8. The van der Waals surface area contributed by atoms with Crippen LogP contribution in [0, 0.1) is 18.8 Å². The number of hydrogen-bond donors (Lipinski definition) is 5. The topological polar surface area (TPSA) is 144 Å². The Morgan fingerprint density at radius 2 is 1.94 bits per heavy atom. The number of Topliss-reactive ketones (excluding diaryl/α,β-unsaturated/α-hetero) is 1. The SMILES string of the molecule is Cc1csc(-c2ccc(O)c3c2CC2CC4C(N(C)C)C(O)=C(C(N)=O)CC4(O)C(=O)C2=C3O)c1. The van der Waals surface area contributed by atoms with E-state index in [1.165, 1.54) is 6.07 Å². The number of benzene rings is 1. The molecule has 1 amide bonds. The first-order valence-corrected chi connectivity index (χ1v) is 12.3. The largest absolute Gasteiger partial charge is 0.510 e. The van der Waals surface area contributed by atoms with Crippen LogP contribution in [0.15, 0.2) is 40.5 Å². The van der Waals surface area contributed by atoms with Crippen molar-refractivity contribution in [1.82, 2.24) is 4.90 Å². The number of carbonyl (C=O) groups is 2. The van der Waals surface area contributed by atoms with Gasteiger partial charge >= 0.3 is 0 Å². The first-order valence-electron chi connectivity index (χ1n) is 11.4. The molecule has 6 N–H and O–H groups in total. The van der Waals surface area contributed by atoms with Gasteiger partial charge in [-0.1, -0.05) is 0 Å². The number of phenolic OH excluding ortho intramolecular Hbond substituents is 1. The molecule has 2 aromatic rings. The van der Waals surface area contributed by atoms with E-state index in [1.807, 2.05) is 24.4 Å². The zero-order chi connectivity index (χ0) is 25.4. The minimum atomic E-state index is -2.03. The number of ketones is 1. The molecule has 1 aromatic carbocycles.